The van der Waals surface area contributed by atoms with Gasteiger partial charge in [0.15, 0.2) is 6.29 Å². The van der Waals surface area contributed by atoms with Crippen LogP contribution in [0.1, 0.15) is 6.42 Å². The molecule has 6 N–H and O–H groups in total. The Hall–Kier alpha value is -0.530. The molecule has 0 saturated carbocycles. The third-order valence-corrected chi connectivity index (χ3v) is 5.06. The number of fused-ring (bicyclic) bond motifs is 1. The third-order valence-electron chi connectivity index (χ3n) is 5.06. The van der Waals surface area contributed by atoms with Crippen molar-refractivity contribution in [2.24, 2.45) is 11.8 Å². The number of rotatable bonds is 5. The van der Waals surface area contributed by atoms with Crippen molar-refractivity contribution in [3.05, 3.63) is 23.5 Å². The first-order chi connectivity index (χ1) is 12.4. The number of hydrogen-bond acceptors (Lipinski definition) is 9. The predicted octanol–water partition coefficient (Wildman–Crippen LogP) is -2.70. The molecule has 0 aromatic rings. The van der Waals surface area contributed by atoms with E-state index < -0.39 is 61.4 Å². The predicted molar refractivity (Wildman–Crippen MR) is 88.0 cm³/mol. The molecule has 0 bridgehead atoms. The molecule has 0 aromatic carbocycles. The topological polar surface area (TPSA) is 166 Å². The number of aliphatic hydroxyl groups excluding tert-OH is 5. The maximum Gasteiger partial charge on any atom is 0.335 e. The summed E-state index contributed by atoms with van der Waals surface area (Å²) in [7, 11) is 0. The summed E-state index contributed by atoms with van der Waals surface area (Å²) >= 11 is 0. The quantitative estimate of drug-likeness (QED) is 0.212. The first kappa shape index (κ1) is 22.8. The SMILES string of the molecule is O=C(O)C1=CO[C@@H](O[C@@H]2O[C@H](CO)[C@@H](O)[C@H](O)[C@H]2O)[C@@H]2C(CO)=CC[C@H]12.[Na]. The molecule has 11 heteroatoms. The van der Waals surface area contributed by atoms with Gasteiger partial charge in [-0.05, 0) is 12.0 Å². The molecule has 147 valence electrons. The van der Waals surface area contributed by atoms with Gasteiger partial charge >= 0.3 is 5.97 Å². The number of aliphatic carboxylic acids is 1. The second-order valence-corrected chi connectivity index (χ2v) is 6.52. The second kappa shape index (κ2) is 9.31. The Kier molecular flexibility index (Phi) is 7.85. The Labute approximate surface area is 176 Å². The first-order valence-corrected chi connectivity index (χ1v) is 8.23. The van der Waals surface area contributed by atoms with Crippen LogP contribution in [0.5, 0.6) is 0 Å². The maximum atomic E-state index is 11.4. The normalized spacial score (nSPS) is 40.9. The molecule has 2 heterocycles. The molecule has 0 unspecified atom stereocenters. The van der Waals surface area contributed by atoms with Crippen molar-refractivity contribution in [3.8, 4) is 0 Å². The number of carboxylic acid groups (broad SMARTS) is 1. The first-order valence-electron chi connectivity index (χ1n) is 8.23. The van der Waals surface area contributed by atoms with E-state index in [1.807, 2.05) is 0 Å². The Morgan fingerprint density at radius 3 is 2.44 bits per heavy atom. The van der Waals surface area contributed by atoms with Crippen molar-refractivity contribution in [2.45, 2.75) is 43.4 Å². The summed E-state index contributed by atoms with van der Waals surface area (Å²) in [5, 5.41) is 57.8. The molecule has 10 nitrogen and oxygen atoms in total. The van der Waals surface area contributed by atoms with E-state index in [1.54, 1.807) is 6.08 Å². The molecule has 3 aliphatic rings. The average Bonchev–Trinajstić information content (AvgIpc) is 3.06. The van der Waals surface area contributed by atoms with Crippen molar-refractivity contribution >= 4 is 35.5 Å². The zero-order valence-electron chi connectivity index (χ0n) is 14.7. The van der Waals surface area contributed by atoms with Gasteiger partial charge < -0.3 is 44.8 Å². The number of ether oxygens (including phenoxy) is 3. The van der Waals surface area contributed by atoms with Gasteiger partial charge in [-0.2, -0.15) is 0 Å². The molecule has 1 saturated heterocycles. The largest absolute Gasteiger partial charge is 0.478 e. The fraction of sp³-hybridized carbons (Fsp3) is 0.688. The summed E-state index contributed by atoms with van der Waals surface area (Å²) in [5.41, 5.74) is 0.583. The van der Waals surface area contributed by atoms with Gasteiger partial charge in [-0.25, -0.2) is 4.79 Å². The van der Waals surface area contributed by atoms with Crippen LogP contribution in [0.15, 0.2) is 23.5 Å². The van der Waals surface area contributed by atoms with E-state index in [0.29, 0.717) is 12.0 Å². The Bertz CT molecular complexity index is 606. The summed E-state index contributed by atoms with van der Waals surface area (Å²) in [6, 6.07) is 0. The monoisotopic (exact) mass is 397 g/mol. The van der Waals surface area contributed by atoms with Crippen LogP contribution in [-0.4, -0.2) is 116 Å². The summed E-state index contributed by atoms with van der Waals surface area (Å²) in [5.74, 6) is -2.22. The van der Waals surface area contributed by atoms with Gasteiger partial charge in [0.2, 0.25) is 6.29 Å². The minimum atomic E-state index is -1.61. The zero-order chi connectivity index (χ0) is 19.0. The molecule has 0 amide bonds. The number of allylic oxidation sites excluding steroid dienone is 1. The standard InChI is InChI=1S/C16H22O10.Na/c17-3-6-1-2-7-8(14(22)23)5-24-15(10(6)7)26-16-13(21)12(20)11(19)9(4-18)25-16;/h1,5,7,9-13,15-21H,2-4H2,(H,22,23);/t7-,9-,10-,11-,12+,13-,15+,16+;/m1./s1. The van der Waals surface area contributed by atoms with Crippen LogP contribution in [0.2, 0.25) is 0 Å². The van der Waals surface area contributed by atoms with Crippen molar-refractivity contribution in [3.63, 3.8) is 0 Å². The Balaban J connectivity index is 0.00000261. The van der Waals surface area contributed by atoms with Gasteiger partial charge in [0.05, 0.1) is 31.0 Å². The van der Waals surface area contributed by atoms with Crippen LogP contribution < -0.4 is 0 Å². The molecule has 1 radical (unpaired) electrons. The third kappa shape index (κ3) is 4.25. The summed E-state index contributed by atoms with van der Waals surface area (Å²) < 4.78 is 16.3. The number of carboxylic acids is 1. The van der Waals surface area contributed by atoms with Crippen molar-refractivity contribution in [1.29, 1.82) is 0 Å². The fourth-order valence-corrected chi connectivity index (χ4v) is 3.62. The minimum Gasteiger partial charge on any atom is -0.478 e. The van der Waals surface area contributed by atoms with Crippen LogP contribution in [0.25, 0.3) is 0 Å². The summed E-state index contributed by atoms with van der Waals surface area (Å²) in [4.78, 5) is 11.4. The van der Waals surface area contributed by atoms with E-state index in [1.165, 1.54) is 0 Å². The molecule has 1 fully saturated rings. The maximum absolute atomic E-state index is 11.4. The van der Waals surface area contributed by atoms with E-state index >= 15 is 0 Å². The number of aliphatic hydroxyl groups is 5. The van der Waals surface area contributed by atoms with E-state index in [4.69, 9.17) is 14.2 Å². The molecular formula is C16H22NaO10. The Morgan fingerprint density at radius 1 is 1.15 bits per heavy atom. The number of carbonyl (C=O) groups is 1. The van der Waals surface area contributed by atoms with Crippen LogP contribution >= 0.6 is 0 Å². The van der Waals surface area contributed by atoms with Crippen LogP contribution in [0.3, 0.4) is 0 Å². The van der Waals surface area contributed by atoms with Gasteiger partial charge in [-0.3, -0.25) is 0 Å². The molecule has 8 atom stereocenters. The molecule has 3 rings (SSSR count). The molecule has 27 heavy (non-hydrogen) atoms. The molecule has 1 aliphatic carbocycles. The van der Waals surface area contributed by atoms with Gasteiger partial charge in [-0.1, -0.05) is 6.08 Å². The fourth-order valence-electron chi connectivity index (χ4n) is 3.62. The summed E-state index contributed by atoms with van der Waals surface area (Å²) in [6.45, 7) is -0.917. The minimum absolute atomic E-state index is 0. The number of hydrogen-bond donors (Lipinski definition) is 6. The van der Waals surface area contributed by atoms with E-state index in [-0.39, 0.29) is 41.7 Å². The van der Waals surface area contributed by atoms with Crippen molar-refractivity contribution in [2.75, 3.05) is 13.2 Å². The van der Waals surface area contributed by atoms with E-state index in [9.17, 15) is 35.4 Å². The average molecular weight is 397 g/mol. The van der Waals surface area contributed by atoms with E-state index in [2.05, 4.69) is 0 Å². The van der Waals surface area contributed by atoms with Crippen LogP contribution in [-0.2, 0) is 19.0 Å². The Morgan fingerprint density at radius 2 is 1.85 bits per heavy atom. The molecule has 2 aliphatic heterocycles. The second-order valence-electron chi connectivity index (χ2n) is 6.52. The van der Waals surface area contributed by atoms with Gasteiger partial charge in [-0.15, -0.1) is 0 Å². The van der Waals surface area contributed by atoms with Crippen molar-refractivity contribution < 1.29 is 49.6 Å². The van der Waals surface area contributed by atoms with Crippen LogP contribution in [0, 0.1) is 11.8 Å². The van der Waals surface area contributed by atoms with Crippen LogP contribution in [0.4, 0.5) is 0 Å². The molecular weight excluding hydrogens is 375 g/mol. The smallest absolute Gasteiger partial charge is 0.335 e. The van der Waals surface area contributed by atoms with Gasteiger partial charge in [0.1, 0.15) is 24.4 Å². The van der Waals surface area contributed by atoms with Gasteiger partial charge in [0, 0.05) is 35.5 Å². The summed E-state index contributed by atoms with van der Waals surface area (Å²) in [6.07, 6.45) is -5.21. The van der Waals surface area contributed by atoms with Gasteiger partial charge in [0.25, 0.3) is 0 Å². The van der Waals surface area contributed by atoms with Crippen molar-refractivity contribution in [1.82, 2.24) is 0 Å². The van der Waals surface area contributed by atoms with E-state index in [0.717, 1.165) is 6.26 Å². The molecule has 0 aromatic heterocycles. The molecule has 0 spiro atoms. The zero-order valence-corrected chi connectivity index (χ0v) is 16.7.